The second-order valence-corrected chi connectivity index (χ2v) is 4.42. The Morgan fingerprint density at radius 2 is 2.06 bits per heavy atom. The second kappa shape index (κ2) is 4.84. The summed E-state index contributed by atoms with van der Waals surface area (Å²) in [5, 5.41) is 9.54. The highest BCUT2D eigenvalue weighted by Crippen LogP contribution is 2.25. The highest BCUT2D eigenvalue weighted by Gasteiger charge is 2.30. The van der Waals surface area contributed by atoms with Crippen LogP contribution in [0.4, 0.5) is 4.39 Å². The van der Waals surface area contributed by atoms with Crippen molar-refractivity contribution in [1.82, 2.24) is 4.90 Å². The molecular weight excluding hydrogens is 221 g/mol. The molecule has 1 amide bonds. The van der Waals surface area contributed by atoms with Crippen molar-refractivity contribution in [3.05, 3.63) is 35.6 Å². The first-order chi connectivity index (χ1) is 8.09. The number of piperidine rings is 1. The first-order valence-corrected chi connectivity index (χ1v) is 5.83. The molecule has 1 aromatic rings. The Bertz CT molecular complexity index is 404. The summed E-state index contributed by atoms with van der Waals surface area (Å²) in [5.74, 6) is -0.515. The summed E-state index contributed by atoms with van der Waals surface area (Å²) >= 11 is 0. The van der Waals surface area contributed by atoms with E-state index in [9.17, 15) is 14.3 Å². The number of nitrogens with zero attached hydrogens (tertiary/aromatic N) is 1. The van der Waals surface area contributed by atoms with E-state index < -0.39 is 6.10 Å². The molecule has 3 nitrogen and oxygen atoms in total. The summed E-state index contributed by atoms with van der Waals surface area (Å²) in [6, 6.07) is 5.99. The van der Waals surface area contributed by atoms with Crippen LogP contribution in [0.25, 0.3) is 0 Å². The van der Waals surface area contributed by atoms with Crippen LogP contribution in [0.5, 0.6) is 0 Å². The summed E-state index contributed by atoms with van der Waals surface area (Å²) in [5.41, 5.74) is 0.883. The minimum absolute atomic E-state index is 0.127. The summed E-state index contributed by atoms with van der Waals surface area (Å²) in [6.45, 7) is 2.54. The second-order valence-electron chi connectivity index (χ2n) is 4.42. The average Bonchev–Trinajstić information content (AvgIpc) is 2.33. The summed E-state index contributed by atoms with van der Waals surface area (Å²) in [7, 11) is 0. The van der Waals surface area contributed by atoms with Crippen molar-refractivity contribution in [2.24, 2.45) is 0 Å². The van der Waals surface area contributed by atoms with Crippen LogP contribution in [-0.4, -0.2) is 28.6 Å². The fourth-order valence-corrected chi connectivity index (χ4v) is 2.19. The molecule has 0 aliphatic carbocycles. The molecule has 2 atom stereocenters. The van der Waals surface area contributed by atoms with E-state index in [2.05, 4.69) is 0 Å². The zero-order chi connectivity index (χ0) is 12.4. The Labute approximate surface area is 99.9 Å². The molecule has 1 saturated heterocycles. The molecular formula is C13H16FNO2. The fourth-order valence-electron chi connectivity index (χ4n) is 2.19. The molecule has 0 aromatic heterocycles. The molecule has 1 N–H and O–H groups in total. The largest absolute Gasteiger partial charge is 0.383 e. The molecule has 0 radical (unpaired) electrons. The molecule has 4 heteroatoms. The standard InChI is InChI=1S/C13H16FNO2/c1-9(10-4-6-11(14)7-5-10)15-8-2-3-12(16)13(15)17/h4-7,9,12,16H,2-3,8H2,1H3/t9-,12-/m0/s1. The van der Waals surface area contributed by atoms with Crippen molar-refractivity contribution in [3.8, 4) is 0 Å². The van der Waals surface area contributed by atoms with Gasteiger partial charge in [-0.05, 0) is 37.5 Å². The van der Waals surface area contributed by atoms with Crippen LogP contribution in [0.1, 0.15) is 31.4 Å². The maximum Gasteiger partial charge on any atom is 0.251 e. The zero-order valence-corrected chi connectivity index (χ0v) is 9.77. The van der Waals surface area contributed by atoms with Gasteiger partial charge < -0.3 is 10.0 Å². The molecule has 2 rings (SSSR count). The summed E-state index contributed by atoms with van der Waals surface area (Å²) in [6.07, 6.45) is 0.454. The van der Waals surface area contributed by atoms with Crippen LogP contribution in [0.3, 0.4) is 0 Å². The number of hydrogen-bond acceptors (Lipinski definition) is 2. The third kappa shape index (κ3) is 2.47. The van der Waals surface area contributed by atoms with Gasteiger partial charge in [0.15, 0.2) is 0 Å². The van der Waals surface area contributed by atoms with Gasteiger partial charge in [-0.2, -0.15) is 0 Å². The molecule has 0 spiro atoms. The normalized spacial score (nSPS) is 22.6. The molecule has 1 heterocycles. The number of hydrogen-bond donors (Lipinski definition) is 1. The first kappa shape index (κ1) is 12.0. The third-order valence-electron chi connectivity index (χ3n) is 3.26. The highest BCUT2D eigenvalue weighted by atomic mass is 19.1. The van der Waals surface area contributed by atoms with Crippen LogP contribution < -0.4 is 0 Å². The Kier molecular flexibility index (Phi) is 3.43. The molecule has 0 saturated carbocycles. The lowest BCUT2D eigenvalue weighted by atomic mass is 10.0. The molecule has 17 heavy (non-hydrogen) atoms. The zero-order valence-electron chi connectivity index (χ0n) is 9.77. The van der Waals surface area contributed by atoms with Crippen molar-refractivity contribution in [2.45, 2.75) is 31.9 Å². The molecule has 92 valence electrons. The van der Waals surface area contributed by atoms with E-state index in [4.69, 9.17) is 0 Å². The van der Waals surface area contributed by atoms with Gasteiger partial charge in [0.25, 0.3) is 5.91 Å². The van der Waals surface area contributed by atoms with Gasteiger partial charge >= 0.3 is 0 Å². The Hall–Kier alpha value is -1.42. The van der Waals surface area contributed by atoms with E-state index >= 15 is 0 Å². The van der Waals surface area contributed by atoms with Gasteiger partial charge in [0.05, 0.1) is 6.04 Å². The van der Waals surface area contributed by atoms with Gasteiger partial charge in [0.2, 0.25) is 0 Å². The predicted molar refractivity (Wildman–Crippen MR) is 61.8 cm³/mol. The average molecular weight is 237 g/mol. The number of likely N-dealkylation sites (tertiary alicyclic amines) is 1. The van der Waals surface area contributed by atoms with E-state index in [1.165, 1.54) is 12.1 Å². The molecule has 0 bridgehead atoms. The van der Waals surface area contributed by atoms with E-state index in [1.807, 2.05) is 6.92 Å². The van der Waals surface area contributed by atoms with Crippen molar-refractivity contribution < 1.29 is 14.3 Å². The fraction of sp³-hybridized carbons (Fsp3) is 0.462. The van der Waals surface area contributed by atoms with E-state index in [0.717, 1.165) is 12.0 Å². The number of carbonyl (C=O) groups excluding carboxylic acids is 1. The van der Waals surface area contributed by atoms with E-state index in [1.54, 1.807) is 17.0 Å². The number of aliphatic hydroxyl groups is 1. The maximum atomic E-state index is 12.8. The lowest BCUT2D eigenvalue weighted by molar-refractivity contribution is -0.146. The molecule has 1 fully saturated rings. The van der Waals surface area contributed by atoms with Crippen LogP contribution in [0.2, 0.25) is 0 Å². The number of aliphatic hydroxyl groups excluding tert-OH is 1. The lowest BCUT2D eigenvalue weighted by Crippen LogP contribution is -2.45. The predicted octanol–water partition coefficient (Wildman–Crippen LogP) is 1.87. The maximum absolute atomic E-state index is 12.8. The van der Waals surface area contributed by atoms with Crippen LogP contribution >= 0.6 is 0 Å². The third-order valence-corrected chi connectivity index (χ3v) is 3.26. The summed E-state index contributed by atoms with van der Waals surface area (Å²) < 4.78 is 12.8. The quantitative estimate of drug-likeness (QED) is 0.853. The van der Waals surface area contributed by atoms with E-state index in [-0.39, 0.29) is 17.8 Å². The Balaban J connectivity index is 2.16. The van der Waals surface area contributed by atoms with E-state index in [0.29, 0.717) is 13.0 Å². The number of carbonyl (C=O) groups is 1. The smallest absolute Gasteiger partial charge is 0.251 e. The Morgan fingerprint density at radius 1 is 1.41 bits per heavy atom. The topological polar surface area (TPSA) is 40.5 Å². The van der Waals surface area contributed by atoms with Crippen LogP contribution in [0.15, 0.2) is 24.3 Å². The number of rotatable bonds is 2. The van der Waals surface area contributed by atoms with Crippen LogP contribution in [-0.2, 0) is 4.79 Å². The summed E-state index contributed by atoms with van der Waals surface area (Å²) in [4.78, 5) is 13.5. The molecule has 1 aliphatic heterocycles. The monoisotopic (exact) mass is 237 g/mol. The lowest BCUT2D eigenvalue weighted by Gasteiger charge is -2.35. The van der Waals surface area contributed by atoms with Crippen molar-refractivity contribution in [1.29, 1.82) is 0 Å². The van der Waals surface area contributed by atoms with Gasteiger partial charge in [-0.25, -0.2) is 4.39 Å². The molecule has 0 unspecified atom stereocenters. The highest BCUT2D eigenvalue weighted by molar-refractivity contribution is 5.81. The van der Waals surface area contributed by atoms with Crippen molar-refractivity contribution >= 4 is 5.91 Å². The number of amides is 1. The van der Waals surface area contributed by atoms with Gasteiger partial charge in [-0.15, -0.1) is 0 Å². The van der Waals surface area contributed by atoms with Gasteiger partial charge in [0, 0.05) is 6.54 Å². The van der Waals surface area contributed by atoms with Gasteiger partial charge in [0.1, 0.15) is 11.9 Å². The SMILES string of the molecule is C[C@@H](c1ccc(F)cc1)N1CCC[C@H](O)C1=O. The first-order valence-electron chi connectivity index (χ1n) is 5.83. The van der Waals surface area contributed by atoms with Crippen LogP contribution in [0, 0.1) is 5.82 Å². The van der Waals surface area contributed by atoms with Gasteiger partial charge in [-0.1, -0.05) is 12.1 Å². The minimum Gasteiger partial charge on any atom is -0.383 e. The molecule has 1 aliphatic rings. The minimum atomic E-state index is -0.883. The number of halogens is 1. The molecule has 1 aromatic carbocycles. The van der Waals surface area contributed by atoms with Crippen molar-refractivity contribution in [2.75, 3.05) is 6.54 Å². The van der Waals surface area contributed by atoms with Crippen molar-refractivity contribution in [3.63, 3.8) is 0 Å². The van der Waals surface area contributed by atoms with Gasteiger partial charge in [-0.3, -0.25) is 4.79 Å². The number of benzene rings is 1. The Morgan fingerprint density at radius 3 is 2.71 bits per heavy atom.